The molecule has 2 aliphatic rings. The number of benzene rings is 3. The van der Waals surface area contributed by atoms with Gasteiger partial charge in [-0.3, -0.25) is 48.8 Å². The molecule has 3 aromatic rings. The van der Waals surface area contributed by atoms with Crippen LogP contribution in [0.1, 0.15) is 105 Å². The molecule has 0 radical (unpaired) electrons. The van der Waals surface area contributed by atoms with Crippen LogP contribution in [0.25, 0.3) is 0 Å². The fraction of sp³-hybridized carbons (Fsp3) is 0.534. The van der Waals surface area contributed by atoms with Crippen LogP contribution in [0.5, 0.6) is 0 Å². The highest BCUT2D eigenvalue weighted by molar-refractivity contribution is 6.99. The molecule has 5 rings (SSSR count). The second-order valence-electron chi connectivity index (χ2n) is 22.2. The number of hydrogen-bond donors (Lipinski definition) is 9. The first-order valence-electron chi connectivity index (χ1n) is 27.7. The Labute approximate surface area is 470 Å². The van der Waals surface area contributed by atoms with E-state index in [-0.39, 0.29) is 55.3 Å². The third-order valence-corrected chi connectivity index (χ3v) is 19.2. The lowest BCUT2D eigenvalue weighted by Crippen LogP contribution is -2.68. The Morgan fingerprint density at radius 1 is 0.688 bits per heavy atom. The number of primary amides is 1. The third kappa shape index (κ3) is 18.7. The van der Waals surface area contributed by atoms with Crippen LogP contribution in [0.4, 0.5) is 0 Å². The molecule has 2 heterocycles. The molecule has 0 unspecified atom stereocenters. The van der Waals surface area contributed by atoms with Crippen molar-refractivity contribution in [3.63, 3.8) is 0 Å². The molecule has 80 heavy (non-hydrogen) atoms. The minimum absolute atomic E-state index is 0.00665. The van der Waals surface area contributed by atoms with Gasteiger partial charge in [-0.15, -0.1) is 0 Å². The Balaban J connectivity index is 1.05. The number of carbonyl (C=O) groups excluding carboxylic acids is 8. The standard InChI is InChI=1S/C58H83N9O12Si/c1-37(2)32-45(53(73)63-46(34-48(59)69)54(74)65-47(56(76)77-8)33-40-20-12-9-13-21-40)64-55(75)51(39(4)68)66-52(72)38(3)60-49(70)26-18-19-27-50(71)78-35-41-28-30-67-31-29-42(62-57(67)61-41)36-79-80(58(5,6)7,43-22-14-10-15-23-43)44-24-16-11-17-25-44/h9-17,20-25,37-39,41-42,45-47,51,68H,18-19,26-36H2,1-8H3,(H8,59,60,61,62,63,64,65,66,69,70,72,73,74,75)/p+1/t38-,39+,41-,42-,45-,46-,47-,51-/m0/s1. The minimum atomic E-state index is -2.72. The van der Waals surface area contributed by atoms with Gasteiger partial charge in [-0.2, -0.15) is 0 Å². The van der Waals surface area contributed by atoms with E-state index in [1.54, 1.807) is 44.2 Å². The summed E-state index contributed by atoms with van der Waals surface area (Å²) in [5.41, 5.74) is 6.14. The van der Waals surface area contributed by atoms with Gasteiger partial charge in [0.25, 0.3) is 8.32 Å². The maximum Gasteiger partial charge on any atom is 0.346 e. The Morgan fingerprint density at radius 2 is 1.21 bits per heavy atom. The van der Waals surface area contributed by atoms with E-state index in [1.807, 2.05) is 12.1 Å². The number of hydrogen-bond acceptors (Lipinski definition) is 14. The van der Waals surface area contributed by atoms with E-state index < -0.39 is 98.4 Å². The largest absolute Gasteiger partial charge is 0.467 e. The maximum atomic E-state index is 13.8. The molecule has 10 N–H and O–H groups in total. The van der Waals surface area contributed by atoms with Crippen LogP contribution in [0.15, 0.2) is 91.0 Å². The van der Waals surface area contributed by atoms with Crippen LogP contribution >= 0.6 is 0 Å². The number of unbranched alkanes of at least 4 members (excludes halogenated alkanes) is 1. The quantitative estimate of drug-likeness (QED) is 0.0202. The summed E-state index contributed by atoms with van der Waals surface area (Å²) in [7, 11) is -1.57. The van der Waals surface area contributed by atoms with Crippen LogP contribution in [-0.4, -0.2) is 153 Å². The summed E-state index contributed by atoms with van der Waals surface area (Å²) in [5.74, 6) is -5.43. The lowest BCUT2D eigenvalue weighted by molar-refractivity contribution is -0.543. The molecule has 8 atom stereocenters. The summed E-state index contributed by atoms with van der Waals surface area (Å²) < 4.78 is 20.1. The Kier molecular flexibility index (Phi) is 24.2. The average molecular weight is 1130 g/mol. The van der Waals surface area contributed by atoms with Crippen molar-refractivity contribution in [3.05, 3.63) is 96.6 Å². The van der Waals surface area contributed by atoms with Gasteiger partial charge in [0, 0.05) is 32.1 Å². The van der Waals surface area contributed by atoms with E-state index >= 15 is 0 Å². The van der Waals surface area contributed by atoms with Gasteiger partial charge in [-0.25, -0.2) is 4.79 Å². The van der Waals surface area contributed by atoms with E-state index in [9.17, 15) is 43.5 Å². The zero-order chi connectivity index (χ0) is 58.6. The second-order valence-corrected chi connectivity index (χ2v) is 26.5. The fourth-order valence-corrected chi connectivity index (χ4v) is 14.5. The number of nitrogens with one attached hydrogen (secondary N) is 7. The van der Waals surface area contributed by atoms with Crippen molar-refractivity contribution in [2.24, 2.45) is 11.7 Å². The van der Waals surface area contributed by atoms with E-state index in [0.29, 0.717) is 25.0 Å². The summed E-state index contributed by atoms with van der Waals surface area (Å²) in [4.78, 5) is 105. The molecular formula is C58H84N9O12Si+. The SMILES string of the molecule is COC(=O)[C@H](Cc1ccccc1)NC(=O)[C@H](CC(N)=O)NC(=O)[C@H](CC(C)C)NC(=O)[C@@H](NC(=O)[C@H](C)NC(=O)CCCCC(=O)OC[C@@H]1CC[N+]2=C(N1)N[C@H](CO[Si](c1ccccc1)(c1ccccc1)C(C)(C)C)CC2)[C@@H](C)O. The van der Waals surface area contributed by atoms with Gasteiger partial charge in [0.05, 0.1) is 45.4 Å². The van der Waals surface area contributed by atoms with Gasteiger partial charge >= 0.3 is 17.9 Å². The number of rotatable bonds is 29. The van der Waals surface area contributed by atoms with Crippen LogP contribution in [0, 0.1) is 5.92 Å². The summed E-state index contributed by atoms with van der Waals surface area (Å²) in [6.07, 6.45) is 0.407. The monoisotopic (exact) mass is 1130 g/mol. The van der Waals surface area contributed by atoms with Gasteiger partial charge < -0.3 is 51.3 Å². The number of ether oxygens (including phenoxy) is 2. The van der Waals surface area contributed by atoms with Gasteiger partial charge in [0.2, 0.25) is 35.4 Å². The predicted octanol–water partition coefficient (Wildman–Crippen LogP) is 0.921. The molecule has 21 nitrogen and oxygen atoms in total. The third-order valence-electron chi connectivity index (χ3n) is 14.2. The number of carbonyl (C=O) groups is 8. The predicted molar refractivity (Wildman–Crippen MR) is 304 cm³/mol. The van der Waals surface area contributed by atoms with Gasteiger partial charge in [0.1, 0.15) is 42.9 Å². The average Bonchev–Trinajstić information content (AvgIpc) is 3.47. The van der Waals surface area contributed by atoms with Crippen LogP contribution < -0.4 is 53.3 Å². The lowest BCUT2D eigenvalue weighted by atomic mass is 10.0. The molecule has 0 spiro atoms. The molecule has 2 aliphatic heterocycles. The van der Waals surface area contributed by atoms with Crippen LogP contribution in [0.2, 0.25) is 5.04 Å². The Morgan fingerprint density at radius 3 is 1.75 bits per heavy atom. The van der Waals surface area contributed by atoms with Gasteiger partial charge in [-0.05, 0) is 60.0 Å². The molecule has 6 amide bonds. The van der Waals surface area contributed by atoms with Crippen molar-refractivity contribution in [1.29, 1.82) is 0 Å². The molecular weight excluding hydrogens is 1040 g/mol. The van der Waals surface area contributed by atoms with Crippen LogP contribution in [0.3, 0.4) is 0 Å². The first-order valence-corrected chi connectivity index (χ1v) is 29.6. The number of amides is 6. The van der Waals surface area contributed by atoms with E-state index in [1.165, 1.54) is 24.2 Å². The topological polar surface area (TPSA) is 298 Å². The Hall–Kier alpha value is -7.17. The number of nitrogens with two attached hydrogens (primary N) is 1. The van der Waals surface area contributed by atoms with Crippen LogP contribution in [-0.2, 0) is 58.7 Å². The smallest absolute Gasteiger partial charge is 0.346 e. The first-order chi connectivity index (χ1) is 38.0. The summed E-state index contributed by atoms with van der Waals surface area (Å²) in [6, 6.07) is 23.1. The summed E-state index contributed by atoms with van der Waals surface area (Å²) >= 11 is 0. The highest BCUT2D eigenvalue weighted by Gasteiger charge is 2.51. The number of nitrogens with zero attached hydrogens (tertiary/aromatic N) is 1. The molecule has 0 saturated heterocycles. The maximum absolute atomic E-state index is 13.8. The summed E-state index contributed by atoms with van der Waals surface area (Å²) in [6.45, 7) is 15.4. The summed E-state index contributed by atoms with van der Waals surface area (Å²) in [5, 5.41) is 32.7. The molecule has 0 aliphatic carbocycles. The van der Waals surface area contributed by atoms with Crippen molar-refractivity contribution < 1.29 is 61.9 Å². The molecule has 22 heteroatoms. The lowest BCUT2D eigenvalue weighted by Gasteiger charge is -2.44. The van der Waals surface area contributed by atoms with Crippen molar-refractivity contribution in [2.45, 2.75) is 160 Å². The van der Waals surface area contributed by atoms with Crippen molar-refractivity contribution in [3.8, 4) is 0 Å². The number of aliphatic hydroxyl groups excluding tert-OH is 1. The van der Waals surface area contributed by atoms with E-state index in [4.69, 9.17) is 19.6 Å². The molecule has 0 fully saturated rings. The number of esters is 2. The molecule has 3 aromatic carbocycles. The number of aliphatic hydroxyl groups is 1. The van der Waals surface area contributed by atoms with Gasteiger partial charge in [0.15, 0.2) is 0 Å². The molecule has 0 saturated carbocycles. The van der Waals surface area contributed by atoms with E-state index in [0.717, 1.165) is 39.0 Å². The highest BCUT2D eigenvalue weighted by Crippen LogP contribution is 2.37. The van der Waals surface area contributed by atoms with Crippen molar-refractivity contribution in [1.82, 2.24) is 37.2 Å². The number of methoxy groups -OCH3 is 1. The normalized spacial score (nSPS) is 17.5. The highest BCUT2D eigenvalue weighted by atomic mass is 28.4. The van der Waals surface area contributed by atoms with Gasteiger partial charge in [-0.1, -0.05) is 126 Å². The minimum Gasteiger partial charge on any atom is -0.467 e. The molecule has 436 valence electrons. The van der Waals surface area contributed by atoms with E-state index in [2.05, 4.69) is 111 Å². The number of guanidine groups is 1. The zero-order valence-electron chi connectivity index (χ0n) is 47.5. The van der Waals surface area contributed by atoms with Crippen molar-refractivity contribution in [2.75, 3.05) is 33.4 Å². The first kappa shape index (κ1) is 63.7. The fourth-order valence-electron chi connectivity index (χ4n) is 9.94. The molecule has 0 aromatic heterocycles. The van der Waals surface area contributed by atoms with Crippen molar-refractivity contribution >= 4 is 72.0 Å². The Bertz CT molecular complexity index is 2560. The molecule has 0 bridgehead atoms. The second kappa shape index (κ2) is 30.4. The zero-order valence-corrected chi connectivity index (χ0v) is 48.5.